The zero-order valence-corrected chi connectivity index (χ0v) is 17.3. The lowest BCUT2D eigenvalue weighted by molar-refractivity contribution is -0.131. The third-order valence-corrected chi connectivity index (χ3v) is 5.91. The van der Waals surface area contributed by atoms with Crippen LogP contribution in [0.4, 0.5) is 0 Å². The molecule has 28 heavy (non-hydrogen) atoms. The van der Waals surface area contributed by atoms with Gasteiger partial charge in [0, 0.05) is 11.1 Å². The molecule has 0 saturated heterocycles. The highest BCUT2D eigenvalue weighted by atomic mass is 16.5. The van der Waals surface area contributed by atoms with Gasteiger partial charge in [0.1, 0.15) is 5.75 Å². The number of ether oxygens (including phenoxy) is 1. The molecular formula is C24H28O4. The zero-order chi connectivity index (χ0) is 20.7. The van der Waals surface area contributed by atoms with Gasteiger partial charge in [-0.25, -0.2) is 4.79 Å². The molecule has 0 bridgehead atoms. The molecular weight excluding hydrogens is 352 g/mol. The Labute approximate surface area is 166 Å². The average Bonchev–Trinajstić information content (AvgIpc) is 2.65. The molecule has 0 fully saturated rings. The number of carboxylic acid groups (broad SMARTS) is 1. The molecule has 3 rings (SSSR count). The van der Waals surface area contributed by atoms with Crippen LogP contribution in [0, 0.1) is 0 Å². The van der Waals surface area contributed by atoms with Gasteiger partial charge < -0.3 is 9.84 Å². The maximum atomic E-state index is 11.7. The molecule has 4 nitrogen and oxygen atoms in total. The van der Waals surface area contributed by atoms with Crippen LogP contribution >= 0.6 is 0 Å². The summed E-state index contributed by atoms with van der Waals surface area (Å²) in [5, 5.41) is 8.91. The third-order valence-electron chi connectivity index (χ3n) is 5.91. The fourth-order valence-electron chi connectivity index (χ4n) is 4.02. The molecule has 0 spiro atoms. The number of aliphatic carboxylic acids is 1. The number of fused-ring (bicyclic) bond motifs is 1. The van der Waals surface area contributed by atoms with Crippen LogP contribution in [0.25, 0.3) is 11.1 Å². The Bertz CT molecular complexity index is 920. The molecule has 0 amide bonds. The lowest BCUT2D eigenvalue weighted by Gasteiger charge is -2.42. The van der Waals surface area contributed by atoms with Gasteiger partial charge >= 0.3 is 5.97 Å². The first-order valence-corrected chi connectivity index (χ1v) is 9.76. The molecule has 148 valence electrons. The molecule has 2 aromatic rings. The molecule has 0 unspecified atom stereocenters. The number of rotatable bonds is 5. The van der Waals surface area contributed by atoms with Crippen molar-refractivity contribution in [2.75, 3.05) is 6.61 Å². The van der Waals surface area contributed by atoms with Crippen molar-refractivity contribution < 1.29 is 19.4 Å². The van der Waals surface area contributed by atoms with Gasteiger partial charge in [-0.1, -0.05) is 52.0 Å². The number of hydrogen-bond donors (Lipinski definition) is 1. The first kappa shape index (κ1) is 20.1. The summed E-state index contributed by atoms with van der Waals surface area (Å²) in [5.74, 6) is -1.52. The van der Waals surface area contributed by atoms with Crippen LogP contribution in [-0.2, 0) is 15.6 Å². The van der Waals surface area contributed by atoms with E-state index in [1.165, 1.54) is 11.1 Å². The van der Waals surface area contributed by atoms with Crippen LogP contribution in [0.5, 0.6) is 5.75 Å². The van der Waals surface area contributed by atoms with E-state index in [-0.39, 0.29) is 16.4 Å². The maximum Gasteiger partial charge on any atom is 0.377 e. The van der Waals surface area contributed by atoms with Crippen LogP contribution in [0.2, 0.25) is 0 Å². The second-order valence-corrected chi connectivity index (χ2v) is 8.81. The largest absolute Gasteiger partial charge is 0.493 e. The van der Waals surface area contributed by atoms with Gasteiger partial charge in [0.15, 0.2) is 0 Å². The highest BCUT2D eigenvalue weighted by Gasteiger charge is 2.38. The summed E-state index contributed by atoms with van der Waals surface area (Å²) in [6, 6.07) is 11.1. The number of benzene rings is 2. The summed E-state index contributed by atoms with van der Waals surface area (Å²) >= 11 is 0. The molecule has 0 atom stereocenters. The number of carbonyl (C=O) groups excluding carboxylic acids is 1. The highest BCUT2D eigenvalue weighted by molar-refractivity contribution is 6.39. The average molecular weight is 380 g/mol. The number of Topliss-reactive ketones (excluding diaryl/α,β-unsaturated/α-hetero) is 1. The zero-order valence-electron chi connectivity index (χ0n) is 17.3. The van der Waals surface area contributed by atoms with Crippen molar-refractivity contribution in [3.63, 3.8) is 0 Å². The summed E-state index contributed by atoms with van der Waals surface area (Å²) in [6.45, 7) is 11.6. The van der Waals surface area contributed by atoms with Gasteiger partial charge in [0.05, 0.1) is 6.61 Å². The van der Waals surface area contributed by atoms with Crippen molar-refractivity contribution in [1.82, 2.24) is 0 Å². The van der Waals surface area contributed by atoms with E-state index in [1.807, 2.05) is 6.92 Å². The standard InChI is InChI=1S/C24H28O4/c1-6-28-20-14-19-18(23(2,3)11-12-24(19,4)5)13-17(20)15-7-9-16(10-8-15)21(25)22(26)27/h7-10,13-14H,6,11-12H2,1-5H3,(H,26,27). The lowest BCUT2D eigenvalue weighted by atomic mass is 9.62. The van der Waals surface area contributed by atoms with Gasteiger partial charge in [-0.2, -0.15) is 0 Å². The predicted octanol–water partition coefficient (Wildman–Crippen LogP) is 5.37. The SMILES string of the molecule is CCOc1cc2c(cc1-c1ccc(C(=O)C(=O)O)cc1)C(C)(C)CCC2(C)C. The van der Waals surface area contributed by atoms with Crippen molar-refractivity contribution in [1.29, 1.82) is 0 Å². The van der Waals surface area contributed by atoms with Gasteiger partial charge in [0.2, 0.25) is 0 Å². The Morgan fingerprint density at radius 1 is 0.964 bits per heavy atom. The molecule has 4 heteroatoms. The fourth-order valence-corrected chi connectivity index (χ4v) is 4.02. The summed E-state index contributed by atoms with van der Waals surface area (Å²) in [6.07, 6.45) is 2.25. The van der Waals surface area contributed by atoms with E-state index in [4.69, 9.17) is 9.84 Å². The molecule has 2 aromatic carbocycles. The summed E-state index contributed by atoms with van der Waals surface area (Å²) in [7, 11) is 0. The van der Waals surface area contributed by atoms with Crippen LogP contribution in [-0.4, -0.2) is 23.5 Å². The minimum Gasteiger partial charge on any atom is -0.493 e. The maximum absolute atomic E-state index is 11.7. The van der Waals surface area contributed by atoms with Gasteiger partial charge in [-0.3, -0.25) is 4.79 Å². The summed E-state index contributed by atoms with van der Waals surface area (Å²) in [5.41, 5.74) is 4.87. The van der Waals surface area contributed by atoms with Crippen molar-refractivity contribution in [3.8, 4) is 16.9 Å². The summed E-state index contributed by atoms with van der Waals surface area (Å²) < 4.78 is 5.97. The Morgan fingerprint density at radius 2 is 1.50 bits per heavy atom. The molecule has 0 aliphatic heterocycles. The smallest absolute Gasteiger partial charge is 0.377 e. The molecule has 1 aliphatic carbocycles. The van der Waals surface area contributed by atoms with E-state index in [0.717, 1.165) is 29.7 Å². The van der Waals surface area contributed by atoms with E-state index in [9.17, 15) is 9.59 Å². The minimum atomic E-state index is -1.44. The first-order valence-electron chi connectivity index (χ1n) is 9.76. The van der Waals surface area contributed by atoms with E-state index in [0.29, 0.717) is 6.61 Å². The van der Waals surface area contributed by atoms with Crippen molar-refractivity contribution in [3.05, 3.63) is 53.1 Å². The van der Waals surface area contributed by atoms with Crippen LogP contribution in [0.1, 0.15) is 68.9 Å². The molecule has 1 aliphatic rings. The highest BCUT2D eigenvalue weighted by Crippen LogP contribution is 2.49. The van der Waals surface area contributed by atoms with Gasteiger partial charge in [-0.15, -0.1) is 0 Å². The second kappa shape index (κ2) is 7.08. The summed E-state index contributed by atoms with van der Waals surface area (Å²) in [4.78, 5) is 22.6. The number of carboxylic acids is 1. The normalized spacial score (nSPS) is 16.9. The van der Waals surface area contributed by atoms with E-state index in [2.05, 4.69) is 39.8 Å². The van der Waals surface area contributed by atoms with Crippen molar-refractivity contribution in [2.24, 2.45) is 0 Å². The van der Waals surface area contributed by atoms with Gasteiger partial charge in [0.25, 0.3) is 5.78 Å². The van der Waals surface area contributed by atoms with Gasteiger partial charge in [-0.05, 0) is 59.4 Å². The molecule has 0 radical (unpaired) electrons. The minimum absolute atomic E-state index is 0.0730. The number of ketones is 1. The van der Waals surface area contributed by atoms with Crippen molar-refractivity contribution in [2.45, 2.75) is 58.3 Å². The van der Waals surface area contributed by atoms with Crippen LogP contribution in [0.3, 0.4) is 0 Å². The Hall–Kier alpha value is -2.62. The molecule has 0 aromatic heterocycles. The second-order valence-electron chi connectivity index (χ2n) is 8.81. The van der Waals surface area contributed by atoms with E-state index < -0.39 is 11.8 Å². The van der Waals surface area contributed by atoms with Crippen LogP contribution < -0.4 is 4.74 Å². The lowest BCUT2D eigenvalue weighted by Crippen LogP contribution is -2.33. The third kappa shape index (κ3) is 3.56. The molecule has 0 saturated carbocycles. The Balaban J connectivity index is 2.15. The van der Waals surface area contributed by atoms with E-state index >= 15 is 0 Å². The van der Waals surface area contributed by atoms with Crippen LogP contribution in [0.15, 0.2) is 36.4 Å². The number of hydrogen-bond acceptors (Lipinski definition) is 3. The quantitative estimate of drug-likeness (QED) is 0.559. The Morgan fingerprint density at radius 3 is 2.00 bits per heavy atom. The fraction of sp³-hybridized carbons (Fsp3) is 0.417. The predicted molar refractivity (Wildman–Crippen MR) is 110 cm³/mol. The molecule has 1 N–H and O–H groups in total. The van der Waals surface area contributed by atoms with Crippen molar-refractivity contribution >= 4 is 11.8 Å². The Kier molecular flexibility index (Phi) is 5.09. The first-order chi connectivity index (χ1) is 13.1. The topological polar surface area (TPSA) is 63.6 Å². The molecule has 0 heterocycles. The van der Waals surface area contributed by atoms with E-state index in [1.54, 1.807) is 24.3 Å². The number of carbonyl (C=O) groups is 2. The monoisotopic (exact) mass is 380 g/mol.